The fourth-order valence-corrected chi connectivity index (χ4v) is 4.26. The van der Waals surface area contributed by atoms with Crippen LogP contribution in [0.5, 0.6) is 0 Å². The summed E-state index contributed by atoms with van der Waals surface area (Å²) in [5, 5.41) is 2.97. The van der Waals surface area contributed by atoms with E-state index in [2.05, 4.69) is 10.3 Å². The number of nitrogens with zero attached hydrogens (tertiary/aromatic N) is 1. The summed E-state index contributed by atoms with van der Waals surface area (Å²) in [6, 6.07) is 13.7. The van der Waals surface area contributed by atoms with Crippen molar-refractivity contribution in [2.24, 2.45) is 0 Å². The predicted octanol–water partition coefficient (Wildman–Crippen LogP) is 3.02. The van der Waals surface area contributed by atoms with Crippen molar-refractivity contribution in [1.82, 2.24) is 4.98 Å². The lowest BCUT2D eigenvalue weighted by Gasteiger charge is -2.04. The largest absolute Gasteiger partial charge is 0.301 e. The molecule has 0 atom stereocenters. The molecule has 3 rings (SSSR count). The summed E-state index contributed by atoms with van der Waals surface area (Å²) in [6.07, 6.45) is 0. The van der Waals surface area contributed by atoms with E-state index in [1.165, 1.54) is 23.5 Å². The quantitative estimate of drug-likeness (QED) is 0.788. The Morgan fingerprint density at radius 1 is 1.17 bits per heavy atom. The lowest BCUT2D eigenvalue weighted by Crippen LogP contribution is -2.22. The number of fused-ring (bicyclic) bond motifs is 1. The number of hydrogen-bond acceptors (Lipinski definition) is 5. The SMILES string of the molecule is Cc1ccc2nc(NC(=O)CS(=O)(=O)c3ccccc3)sc2c1. The lowest BCUT2D eigenvalue weighted by molar-refractivity contribution is -0.113. The van der Waals surface area contributed by atoms with E-state index in [1.807, 2.05) is 25.1 Å². The highest BCUT2D eigenvalue weighted by Gasteiger charge is 2.20. The maximum absolute atomic E-state index is 12.2. The molecule has 0 radical (unpaired) electrons. The third kappa shape index (κ3) is 3.57. The van der Waals surface area contributed by atoms with E-state index in [0.717, 1.165) is 15.8 Å². The minimum Gasteiger partial charge on any atom is -0.301 e. The number of sulfone groups is 1. The summed E-state index contributed by atoms with van der Waals surface area (Å²) in [7, 11) is -3.65. The average molecular weight is 346 g/mol. The Hall–Kier alpha value is -2.25. The summed E-state index contributed by atoms with van der Waals surface area (Å²) in [5.41, 5.74) is 1.88. The number of hydrogen-bond donors (Lipinski definition) is 1. The number of carbonyl (C=O) groups excluding carboxylic acids is 1. The number of thiazole rings is 1. The summed E-state index contributed by atoms with van der Waals surface area (Å²) in [6.45, 7) is 1.98. The molecule has 5 nitrogen and oxygen atoms in total. The third-order valence-corrected chi connectivity index (χ3v) is 5.78. The Balaban J connectivity index is 1.76. The van der Waals surface area contributed by atoms with E-state index >= 15 is 0 Å². The van der Waals surface area contributed by atoms with Gasteiger partial charge in [0.2, 0.25) is 5.91 Å². The molecule has 0 aliphatic rings. The van der Waals surface area contributed by atoms with Gasteiger partial charge in [0.15, 0.2) is 15.0 Å². The molecule has 0 saturated heterocycles. The summed E-state index contributed by atoms with van der Waals surface area (Å²) >= 11 is 1.32. The second-order valence-electron chi connectivity index (χ2n) is 5.11. The van der Waals surface area contributed by atoms with Crippen molar-refractivity contribution in [3.05, 3.63) is 54.1 Å². The molecule has 118 valence electrons. The van der Waals surface area contributed by atoms with Crippen LogP contribution < -0.4 is 5.32 Å². The molecular weight excluding hydrogens is 332 g/mol. The number of aromatic nitrogens is 1. The Bertz CT molecular complexity index is 963. The van der Waals surface area contributed by atoms with E-state index in [4.69, 9.17) is 0 Å². The summed E-state index contributed by atoms with van der Waals surface area (Å²) < 4.78 is 25.3. The molecular formula is C16H14N2O3S2. The van der Waals surface area contributed by atoms with Crippen LogP contribution in [0.3, 0.4) is 0 Å². The first-order valence-corrected chi connectivity index (χ1v) is 9.36. The second-order valence-corrected chi connectivity index (χ2v) is 8.13. The molecule has 1 N–H and O–H groups in total. The lowest BCUT2D eigenvalue weighted by atomic mass is 10.2. The normalized spacial score (nSPS) is 11.5. The fraction of sp³-hybridized carbons (Fsp3) is 0.125. The standard InChI is InChI=1S/C16H14N2O3S2/c1-11-7-8-13-14(9-11)22-16(17-13)18-15(19)10-23(20,21)12-5-3-2-4-6-12/h2-9H,10H2,1H3,(H,17,18,19). The molecule has 0 unspecified atom stereocenters. The van der Waals surface area contributed by atoms with Crippen molar-refractivity contribution >= 4 is 42.4 Å². The molecule has 0 aliphatic carbocycles. The van der Waals surface area contributed by atoms with Gasteiger partial charge in [-0.1, -0.05) is 35.6 Å². The van der Waals surface area contributed by atoms with E-state index in [0.29, 0.717) is 5.13 Å². The van der Waals surface area contributed by atoms with E-state index in [9.17, 15) is 13.2 Å². The zero-order valence-corrected chi connectivity index (χ0v) is 13.9. The Morgan fingerprint density at radius 3 is 2.65 bits per heavy atom. The minimum absolute atomic E-state index is 0.134. The third-order valence-electron chi connectivity index (χ3n) is 3.21. The van der Waals surface area contributed by atoms with Gasteiger partial charge in [-0.25, -0.2) is 13.4 Å². The molecule has 0 spiro atoms. The van der Waals surface area contributed by atoms with Crippen LogP contribution in [-0.2, 0) is 14.6 Å². The maximum atomic E-state index is 12.2. The predicted molar refractivity (Wildman–Crippen MR) is 91.5 cm³/mol. The second kappa shape index (κ2) is 6.10. The zero-order chi connectivity index (χ0) is 16.4. The maximum Gasteiger partial charge on any atom is 0.241 e. The first kappa shape index (κ1) is 15.6. The summed E-state index contributed by atoms with van der Waals surface area (Å²) in [4.78, 5) is 16.4. The van der Waals surface area contributed by atoms with Gasteiger partial charge in [0, 0.05) is 0 Å². The minimum atomic E-state index is -3.65. The number of amides is 1. The Morgan fingerprint density at radius 2 is 1.91 bits per heavy atom. The molecule has 1 heterocycles. The highest BCUT2D eigenvalue weighted by molar-refractivity contribution is 7.92. The molecule has 0 bridgehead atoms. The number of nitrogens with one attached hydrogen (secondary N) is 1. The van der Waals surface area contributed by atoms with E-state index in [-0.39, 0.29) is 4.90 Å². The van der Waals surface area contributed by atoms with Crippen LogP contribution in [0.1, 0.15) is 5.56 Å². The van der Waals surface area contributed by atoms with Crippen LogP contribution in [0.25, 0.3) is 10.2 Å². The van der Waals surface area contributed by atoms with Gasteiger partial charge in [0.25, 0.3) is 0 Å². The van der Waals surface area contributed by atoms with E-state index < -0.39 is 21.5 Å². The number of carbonyl (C=O) groups is 1. The highest BCUT2D eigenvalue weighted by atomic mass is 32.2. The van der Waals surface area contributed by atoms with Crippen LogP contribution in [0.15, 0.2) is 53.4 Å². The van der Waals surface area contributed by atoms with Gasteiger partial charge < -0.3 is 5.32 Å². The van der Waals surface area contributed by atoms with Crippen LogP contribution >= 0.6 is 11.3 Å². The molecule has 7 heteroatoms. The Kier molecular flexibility index (Phi) is 4.14. The van der Waals surface area contributed by atoms with Gasteiger partial charge in [0.05, 0.1) is 15.1 Å². The molecule has 0 aliphatic heterocycles. The van der Waals surface area contributed by atoms with Gasteiger partial charge in [0.1, 0.15) is 5.75 Å². The number of anilines is 1. The number of rotatable bonds is 4. The van der Waals surface area contributed by atoms with Crippen LogP contribution in [0.4, 0.5) is 5.13 Å². The van der Waals surface area contributed by atoms with Crippen molar-refractivity contribution in [2.45, 2.75) is 11.8 Å². The van der Waals surface area contributed by atoms with Gasteiger partial charge in [-0.2, -0.15) is 0 Å². The number of benzene rings is 2. The van der Waals surface area contributed by atoms with Gasteiger partial charge in [-0.05, 0) is 36.8 Å². The van der Waals surface area contributed by atoms with Crippen LogP contribution in [-0.4, -0.2) is 25.1 Å². The Labute approximate surface area is 137 Å². The first-order chi connectivity index (χ1) is 10.9. The highest BCUT2D eigenvalue weighted by Crippen LogP contribution is 2.26. The molecule has 1 aromatic heterocycles. The van der Waals surface area contributed by atoms with E-state index in [1.54, 1.807) is 18.2 Å². The molecule has 0 fully saturated rings. The molecule has 23 heavy (non-hydrogen) atoms. The average Bonchev–Trinajstić information content (AvgIpc) is 2.88. The fourth-order valence-electron chi connectivity index (χ4n) is 2.12. The summed E-state index contributed by atoms with van der Waals surface area (Å²) in [5.74, 6) is -1.20. The van der Waals surface area contributed by atoms with Gasteiger partial charge >= 0.3 is 0 Å². The molecule has 3 aromatic rings. The molecule has 0 saturated carbocycles. The van der Waals surface area contributed by atoms with Gasteiger partial charge in [-0.15, -0.1) is 0 Å². The van der Waals surface area contributed by atoms with Gasteiger partial charge in [-0.3, -0.25) is 4.79 Å². The van der Waals surface area contributed by atoms with Crippen molar-refractivity contribution in [1.29, 1.82) is 0 Å². The van der Waals surface area contributed by atoms with Crippen molar-refractivity contribution in [3.63, 3.8) is 0 Å². The topological polar surface area (TPSA) is 76.1 Å². The van der Waals surface area contributed by atoms with Crippen LogP contribution in [0.2, 0.25) is 0 Å². The smallest absolute Gasteiger partial charge is 0.241 e. The van der Waals surface area contributed by atoms with Crippen molar-refractivity contribution < 1.29 is 13.2 Å². The molecule has 1 amide bonds. The number of aryl methyl sites for hydroxylation is 1. The van der Waals surface area contributed by atoms with Crippen LogP contribution in [0, 0.1) is 6.92 Å². The van der Waals surface area contributed by atoms with Crippen molar-refractivity contribution in [3.8, 4) is 0 Å². The monoisotopic (exact) mass is 346 g/mol. The zero-order valence-electron chi connectivity index (χ0n) is 12.3. The van der Waals surface area contributed by atoms with Crippen molar-refractivity contribution in [2.75, 3.05) is 11.1 Å². The molecule has 2 aromatic carbocycles. The first-order valence-electron chi connectivity index (χ1n) is 6.89.